The third-order valence-corrected chi connectivity index (χ3v) is 2.98. The van der Waals surface area contributed by atoms with E-state index in [1.54, 1.807) is 31.2 Å². The number of rotatable bonds is 4. The van der Waals surface area contributed by atoms with Gasteiger partial charge in [0.15, 0.2) is 0 Å². The summed E-state index contributed by atoms with van der Waals surface area (Å²) in [7, 11) is 0. The number of carboxylic acids is 1. The summed E-state index contributed by atoms with van der Waals surface area (Å²) >= 11 is 5.90. The molecular formula is C14H13ClN2O3. The fourth-order valence-corrected chi connectivity index (χ4v) is 2.15. The molecule has 5 nitrogen and oxygen atoms in total. The van der Waals surface area contributed by atoms with E-state index in [-0.39, 0.29) is 17.5 Å². The molecule has 6 heteroatoms. The zero-order chi connectivity index (χ0) is 14.7. The van der Waals surface area contributed by atoms with Crippen molar-refractivity contribution < 1.29 is 14.7 Å². The lowest BCUT2D eigenvalue weighted by atomic mass is 10.1. The van der Waals surface area contributed by atoms with Crippen molar-refractivity contribution in [1.29, 1.82) is 0 Å². The molecule has 1 atom stereocenters. The minimum atomic E-state index is -0.963. The van der Waals surface area contributed by atoms with Crippen molar-refractivity contribution in [2.75, 3.05) is 0 Å². The topological polar surface area (TPSA) is 79.3 Å². The number of carbonyl (C=O) groups is 2. The molecule has 0 spiro atoms. The van der Waals surface area contributed by atoms with E-state index >= 15 is 0 Å². The molecule has 2 N–H and O–H groups in total. The van der Waals surface area contributed by atoms with Crippen LogP contribution in [0.25, 0.3) is 10.9 Å². The predicted octanol–water partition coefficient (Wildman–Crippen LogP) is 2.48. The highest BCUT2D eigenvalue weighted by Gasteiger charge is 2.16. The predicted molar refractivity (Wildman–Crippen MR) is 75.9 cm³/mol. The maximum atomic E-state index is 12.2. The van der Waals surface area contributed by atoms with Crippen LogP contribution >= 0.6 is 11.6 Å². The molecule has 104 valence electrons. The average Bonchev–Trinajstić information content (AvgIpc) is 2.36. The zero-order valence-electron chi connectivity index (χ0n) is 10.8. The van der Waals surface area contributed by atoms with Crippen molar-refractivity contribution in [2.24, 2.45) is 0 Å². The van der Waals surface area contributed by atoms with E-state index in [2.05, 4.69) is 10.3 Å². The Bertz CT molecular complexity index is 673. The van der Waals surface area contributed by atoms with E-state index in [1.165, 1.54) is 6.07 Å². The number of amides is 1. The van der Waals surface area contributed by atoms with Crippen LogP contribution in [0.3, 0.4) is 0 Å². The number of nitrogens with one attached hydrogen (secondary N) is 1. The lowest BCUT2D eigenvalue weighted by Gasteiger charge is -2.13. The maximum absolute atomic E-state index is 12.2. The van der Waals surface area contributed by atoms with Gasteiger partial charge in [-0.3, -0.25) is 9.59 Å². The Labute approximate surface area is 120 Å². The highest BCUT2D eigenvalue weighted by Crippen LogP contribution is 2.20. The molecule has 1 amide bonds. The van der Waals surface area contributed by atoms with Crippen LogP contribution in [0.4, 0.5) is 0 Å². The maximum Gasteiger partial charge on any atom is 0.305 e. The summed E-state index contributed by atoms with van der Waals surface area (Å²) in [6.07, 6.45) is -0.136. The summed E-state index contributed by atoms with van der Waals surface area (Å²) in [4.78, 5) is 27.0. The number of pyridine rings is 1. The van der Waals surface area contributed by atoms with Crippen molar-refractivity contribution in [3.63, 3.8) is 0 Å². The number of carboxylic acid groups (broad SMARTS) is 1. The first-order valence-electron chi connectivity index (χ1n) is 6.05. The number of hydrogen-bond acceptors (Lipinski definition) is 3. The van der Waals surface area contributed by atoms with Crippen molar-refractivity contribution in [3.05, 3.63) is 41.0 Å². The van der Waals surface area contributed by atoms with Gasteiger partial charge in [0.1, 0.15) is 5.15 Å². The van der Waals surface area contributed by atoms with Gasteiger partial charge in [-0.05, 0) is 19.1 Å². The van der Waals surface area contributed by atoms with Crippen LogP contribution < -0.4 is 5.32 Å². The number of nitrogens with zero attached hydrogens (tertiary/aromatic N) is 1. The smallest absolute Gasteiger partial charge is 0.305 e. The Kier molecular flexibility index (Phi) is 4.20. The summed E-state index contributed by atoms with van der Waals surface area (Å²) in [5.41, 5.74) is 1.01. The van der Waals surface area contributed by atoms with Gasteiger partial charge < -0.3 is 10.4 Å². The van der Waals surface area contributed by atoms with E-state index in [4.69, 9.17) is 16.7 Å². The number of benzene rings is 1. The molecular weight excluding hydrogens is 280 g/mol. The van der Waals surface area contributed by atoms with Crippen molar-refractivity contribution >= 4 is 34.4 Å². The largest absolute Gasteiger partial charge is 0.481 e. The van der Waals surface area contributed by atoms with Gasteiger partial charge in [-0.15, -0.1) is 0 Å². The number of aliphatic carboxylic acids is 1. The van der Waals surface area contributed by atoms with E-state index in [0.29, 0.717) is 16.5 Å². The van der Waals surface area contributed by atoms with E-state index < -0.39 is 12.0 Å². The first kappa shape index (κ1) is 14.3. The number of halogens is 1. The lowest BCUT2D eigenvalue weighted by molar-refractivity contribution is -0.137. The van der Waals surface area contributed by atoms with Crippen LogP contribution in [0.15, 0.2) is 30.3 Å². The molecule has 0 fully saturated rings. The molecule has 1 unspecified atom stereocenters. The molecule has 0 aliphatic heterocycles. The second-order valence-corrected chi connectivity index (χ2v) is 4.87. The quantitative estimate of drug-likeness (QED) is 0.849. The Morgan fingerprint density at radius 1 is 1.40 bits per heavy atom. The third-order valence-electron chi connectivity index (χ3n) is 2.79. The third kappa shape index (κ3) is 3.24. The normalized spacial score (nSPS) is 12.1. The molecule has 0 radical (unpaired) electrons. The fourth-order valence-electron chi connectivity index (χ4n) is 1.95. The van der Waals surface area contributed by atoms with Gasteiger partial charge in [0.25, 0.3) is 5.91 Å². The van der Waals surface area contributed by atoms with Gasteiger partial charge in [-0.1, -0.05) is 29.8 Å². The van der Waals surface area contributed by atoms with Gasteiger partial charge >= 0.3 is 5.97 Å². The minimum Gasteiger partial charge on any atom is -0.481 e. The standard InChI is InChI=1S/C14H13ClN2O3/c1-8(6-13(18)19)16-14(20)10-7-12(15)17-11-5-3-2-4-9(10)11/h2-5,7-8H,6H2,1H3,(H,16,20)(H,18,19). The van der Waals surface area contributed by atoms with Crippen molar-refractivity contribution in [3.8, 4) is 0 Å². The summed E-state index contributed by atoms with van der Waals surface area (Å²) in [5.74, 6) is -1.32. The lowest BCUT2D eigenvalue weighted by Crippen LogP contribution is -2.34. The van der Waals surface area contributed by atoms with Crippen LogP contribution in [0, 0.1) is 0 Å². The molecule has 1 aromatic heterocycles. The number of hydrogen-bond donors (Lipinski definition) is 2. The van der Waals surface area contributed by atoms with Crippen molar-refractivity contribution in [2.45, 2.75) is 19.4 Å². The SMILES string of the molecule is CC(CC(=O)O)NC(=O)c1cc(Cl)nc2ccccc12. The summed E-state index contributed by atoms with van der Waals surface area (Å²) in [6, 6.07) is 8.15. The van der Waals surface area contributed by atoms with Crippen LogP contribution in [0.2, 0.25) is 5.15 Å². The van der Waals surface area contributed by atoms with Crippen molar-refractivity contribution in [1.82, 2.24) is 10.3 Å². The minimum absolute atomic E-state index is 0.136. The zero-order valence-corrected chi connectivity index (χ0v) is 11.5. The first-order chi connectivity index (χ1) is 9.47. The monoisotopic (exact) mass is 292 g/mol. The molecule has 0 saturated carbocycles. The summed E-state index contributed by atoms with van der Waals surface area (Å²) in [5, 5.41) is 12.2. The van der Waals surface area contributed by atoms with Gasteiger partial charge in [-0.25, -0.2) is 4.98 Å². The molecule has 0 saturated heterocycles. The van der Waals surface area contributed by atoms with Gasteiger partial charge in [-0.2, -0.15) is 0 Å². The fraction of sp³-hybridized carbons (Fsp3) is 0.214. The van der Waals surface area contributed by atoms with Gasteiger partial charge in [0, 0.05) is 11.4 Å². The number of fused-ring (bicyclic) bond motifs is 1. The highest BCUT2D eigenvalue weighted by molar-refractivity contribution is 6.30. The molecule has 0 bridgehead atoms. The Hall–Kier alpha value is -2.14. The van der Waals surface area contributed by atoms with Crippen LogP contribution in [0.1, 0.15) is 23.7 Å². The highest BCUT2D eigenvalue weighted by atomic mass is 35.5. The Morgan fingerprint density at radius 3 is 2.80 bits per heavy atom. The average molecular weight is 293 g/mol. The summed E-state index contributed by atoms with van der Waals surface area (Å²) < 4.78 is 0. The summed E-state index contributed by atoms with van der Waals surface area (Å²) in [6.45, 7) is 1.64. The number of carbonyl (C=O) groups excluding carboxylic acids is 1. The second kappa shape index (κ2) is 5.88. The molecule has 0 aliphatic rings. The first-order valence-corrected chi connectivity index (χ1v) is 6.43. The van der Waals surface area contributed by atoms with E-state index in [9.17, 15) is 9.59 Å². The molecule has 2 rings (SSSR count). The van der Waals surface area contributed by atoms with Crippen LogP contribution in [-0.2, 0) is 4.79 Å². The number of para-hydroxylation sites is 1. The molecule has 20 heavy (non-hydrogen) atoms. The Morgan fingerprint density at radius 2 is 2.10 bits per heavy atom. The Balaban J connectivity index is 2.32. The molecule has 0 aliphatic carbocycles. The second-order valence-electron chi connectivity index (χ2n) is 4.48. The van der Waals surface area contributed by atoms with Gasteiger partial charge in [0.05, 0.1) is 17.5 Å². The van der Waals surface area contributed by atoms with Crippen LogP contribution in [-0.4, -0.2) is 28.0 Å². The molecule has 1 aromatic carbocycles. The molecule has 2 aromatic rings. The van der Waals surface area contributed by atoms with E-state index in [0.717, 1.165) is 0 Å². The van der Waals surface area contributed by atoms with Gasteiger partial charge in [0.2, 0.25) is 0 Å². The molecule has 1 heterocycles. The number of aromatic nitrogens is 1. The van der Waals surface area contributed by atoms with E-state index in [1.807, 2.05) is 0 Å². The van der Waals surface area contributed by atoms with Crippen LogP contribution in [0.5, 0.6) is 0 Å².